The first-order valence-corrected chi connectivity index (χ1v) is 7.69. The van der Waals surface area contributed by atoms with Gasteiger partial charge in [0.05, 0.1) is 7.11 Å². The van der Waals surface area contributed by atoms with Gasteiger partial charge in [-0.05, 0) is 38.0 Å². The van der Waals surface area contributed by atoms with Gasteiger partial charge in [-0.1, -0.05) is 19.8 Å². The fraction of sp³-hybridized carbons (Fsp3) is 0.923. The SMILES string of the molecule is CCNC(C)(CSCC1CCCC1)C(=O)OC. The van der Waals surface area contributed by atoms with E-state index >= 15 is 0 Å². The van der Waals surface area contributed by atoms with E-state index in [0.717, 1.165) is 18.2 Å². The number of thioether (sulfide) groups is 1. The molecular weight excluding hydrogens is 234 g/mol. The molecule has 1 aliphatic carbocycles. The van der Waals surface area contributed by atoms with Crippen molar-refractivity contribution in [1.29, 1.82) is 0 Å². The number of carbonyl (C=O) groups is 1. The largest absolute Gasteiger partial charge is 0.468 e. The van der Waals surface area contributed by atoms with E-state index in [4.69, 9.17) is 4.74 Å². The molecule has 0 bridgehead atoms. The first-order valence-electron chi connectivity index (χ1n) is 6.53. The third-order valence-electron chi connectivity index (χ3n) is 3.42. The zero-order chi connectivity index (χ0) is 12.7. The first kappa shape index (κ1) is 14.8. The Bertz CT molecular complexity index is 242. The van der Waals surface area contributed by atoms with Crippen molar-refractivity contribution >= 4 is 17.7 Å². The zero-order valence-corrected chi connectivity index (χ0v) is 12.1. The number of ether oxygens (including phenoxy) is 1. The number of rotatable bonds is 7. The van der Waals surface area contributed by atoms with Crippen LogP contribution in [0.25, 0.3) is 0 Å². The number of nitrogens with one attached hydrogen (secondary N) is 1. The molecule has 17 heavy (non-hydrogen) atoms. The summed E-state index contributed by atoms with van der Waals surface area (Å²) in [6.45, 7) is 4.74. The van der Waals surface area contributed by atoms with Crippen molar-refractivity contribution in [2.24, 2.45) is 5.92 Å². The molecule has 1 N–H and O–H groups in total. The highest BCUT2D eigenvalue weighted by Gasteiger charge is 2.33. The molecule has 1 fully saturated rings. The van der Waals surface area contributed by atoms with E-state index in [0.29, 0.717) is 0 Å². The van der Waals surface area contributed by atoms with Crippen molar-refractivity contribution in [3.63, 3.8) is 0 Å². The van der Waals surface area contributed by atoms with Gasteiger partial charge in [-0.15, -0.1) is 0 Å². The summed E-state index contributed by atoms with van der Waals surface area (Å²) in [6, 6.07) is 0. The maximum absolute atomic E-state index is 11.8. The van der Waals surface area contributed by atoms with Gasteiger partial charge < -0.3 is 10.1 Å². The quantitative estimate of drug-likeness (QED) is 0.713. The summed E-state index contributed by atoms with van der Waals surface area (Å²) in [5, 5.41) is 3.24. The number of carbonyl (C=O) groups excluding carboxylic acids is 1. The number of esters is 1. The van der Waals surface area contributed by atoms with Crippen molar-refractivity contribution in [2.45, 2.75) is 45.1 Å². The molecule has 1 saturated carbocycles. The van der Waals surface area contributed by atoms with Crippen molar-refractivity contribution < 1.29 is 9.53 Å². The number of likely N-dealkylation sites (N-methyl/N-ethyl adjacent to an activating group) is 1. The van der Waals surface area contributed by atoms with Crippen LogP contribution in [0, 0.1) is 5.92 Å². The Morgan fingerprint density at radius 2 is 2.12 bits per heavy atom. The summed E-state index contributed by atoms with van der Waals surface area (Å²) in [4.78, 5) is 11.8. The van der Waals surface area contributed by atoms with Gasteiger partial charge in [0, 0.05) is 5.75 Å². The lowest BCUT2D eigenvalue weighted by molar-refractivity contribution is -0.146. The van der Waals surface area contributed by atoms with Crippen LogP contribution in [0.5, 0.6) is 0 Å². The highest BCUT2D eigenvalue weighted by atomic mass is 32.2. The van der Waals surface area contributed by atoms with Gasteiger partial charge in [-0.2, -0.15) is 11.8 Å². The van der Waals surface area contributed by atoms with Crippen molar-refractivity contribution in [3.05, 3.63) is 0 Å². The zero-order valence-electron chi connectivity index (χ0n) is 11.3. The van der Waals surface area contributed by atoms with Gasteiger partial charge in [0.15, 0.2) is 0 Å². The Morgan fingerprint density at radius 1 is 1.47 bits per heavy atom. The minimum absolute atomic E-state index is 0.154. The molecule has 100 valence electrons. The van der Waals surface area contributed by atoms with Gasteiger partial charge >= 0.3 is 5.97 Å². The molecule has 1 unspecified atom stereocenters. The highest BCUT2D eigenvalue weighted by Crippen LogP contribution is 2.29. The summed E-state index contributed by atoms with van der Waals surface area (Å²) >= 11 is 1.88. The molecule has 1 rings (SSSR count). The summed E-state index contributed by atoms with van der Waals surface area (Å²) in [5.41, 5.74) is -0.535. The molecule has 0 aromatic rings. The maximum atomic E-state index is 11.8. The number of methoxy groups -OCH3 is 1. The fourth-order valence-electron chi connectivity index (χ4n) is 2.40. The second-order valence-electron chi connectivity index (χ2n) is 5.02. The standard InChI is InChI=1S/C13H25NO2S/c1-4-14-13(2,12(15)16-3)10-17-9-11-7-5-6-8-11/h11,14H,4-10H2,1-3H3. The van der Waals surface area contributed by atoms with E-state index in [1.54, 1.807) is 0 Å². The van der Waals surface area contributed by atoms with Gasteiger partial charge in [-0.25, -0.2) is 0 Å². The monoisotopic (exact) mass is 259 g/mol. The molecule has 4 heteroatoms. The molecule has 1 atom stereocenters. The van der Waals surface area contributed by atoms with Crippen LogP contribution in [0.1, 0.15) is 39.5 Å². The molecule has 0 heterocycles. The molecule has 0 amide bonds. The Kier molecular flexibility index (Phi) is 6.34. The fourth-order valence-corrected chi connectivity index (χ4v) is 3.82. The molecule has 0 aromatic carbocycles. The minimum atomic E-state index is -0.535. The van der Waals surface area contributed by atoms with Crippen LogP contribution in [-0.2, 0) is 9.53 Å². The van der Waals surface area contributed by atoms with Crippen LogP contribution in [-0.4, -0.2) is 36.7 Å². The summed E-state index contributed by atoms with van der Waals surface area (Å²) in [6.07, 6.45) is 5.49. The van der Waals surface area contributed by atoms with E-state index in [2.05, 4.69) is 5.32 Å². The van der Waals surface area contributed by atoms with Gasteiger partial charge in [0.1, 0.15) is 5.54 Å². The second-order valence-corrected chi connectivity index (χ2v) is 6.05. The predicted molar refractivity (Wildman–Crippen MR) is 73.4 cm³/mol. The maximum Gasteiger partial charge on any atom is 0.326 e. The number of hydrogen-bond acceptors (Lipinski definition) is 4. The lowest BCUT2D eigenvalue weighted by atomic mass is 10.1. The van der Waals surface area contributed by atoms with E-state index in [1.165, 1.54) is 38.5 Å². The van der Waals surface area contributed by atoms with Crippen LogP contribution in [0.2, 0.25) is 0 Å². The van der Waals surface area contributed by atoms with E-state index in [1.807, 2.05) is 25.6 Å². The van der Waals surface area contributed by atoms with Crippen molar-refractivity contribution in [1.82, 2.24) is 5.32 Å². The molecule has 0 aromatic heterocycles. The molecule has 0 spiro atoms. The Morgan fingerprint density at radius 3 is 2.65 bits per heavy atom. The topological polar surface area (TPSA) is 38.3 Å². The smallest absolute Gasteiger partial charge is 0.326 e. The summed E-state index contributed by atoms with van der Waals surface area (Å²) in [5.74, 6) is 2.68. The molecule has 1 aliphatic rings. The Hall–Kier alpha value is -0.220. The average molecular weight is 259 g/mol. The summed E-state index contributed by atoms with van der Waals surface area (Å²) in [7, 11) is 1.46. The number of hydrogen-bond donors (Lipinski definition) is 1. The lowest BCUT2D eigenvalue weighted by Crippen LogP contribution is -2.52. The highest BCUT2D eigenvalue weighted by molar-refractivity contribution is 7.99. The molecule has 3 nitrogen and oxygen atoms in total. The van der Waals surface area contributed by atoms with Crippen LogP contribution < -0.4 is 5.32 Å². The third-order valence-corrected chi connectivity index (χ3v) is 4.91. The van der Waals surface area contributed by atoms with E-state index in [-0.39, 0.29) is 5.97 Å². The van der Waals surface area contributed by atoms with Crippen molar-refractivity contribution in [2.75, 3.05) is 25.2 Å². The minimum Gasteiger partial charge on any atom is -0.468 e. The van der Waals surface area contributed by atoms with Gasteiger partial charge in [-0.3, -0.25) is 4.79 Å². The Labute approximate surface area is 109 Å². The third kappa shape index (κ3) is 4.51. The normalized spacial score (nSPS) is 20.2. The van der Waals surface area contributed by atoms with Gasteiger partial charge in [0.2, 0.25) is 0 Å². The first-order chi connectivity index (χ1) is 8.12. The van der Waals surface area contributed by atoms with Crippen LogP contribution in [0.3, 0.4) is 0 Å². The summed E-state index contributed by atoms with van der Waals surface area (Å²) < 4.78 is 4.88. The van der Waals surface area contributed by atoms with Crippen molar-refractivity contribution in [3.8, 4) is 0 Å². The molecule has 0 radical (unpaired) electrons. The lowest BCUT2D eigenvalue weighted by Gasteiger charge is -2.27. The van der Waals surface area contributed by atoms with Crippen LogP contribution in [0.4, 0.5) is 0 Å². The molecular formula is C13H25NO2S. The second kappa shape index (κ2) is 7.27. The Balaban J connectivity index is 2.35. The molecule has 0 aliphatic heterocycles. The van der Waals surface area contributed by atoms with E-state index in [9.17, 15) is 4.79 Å². The van der Waals surface area contributed by atoms with E-state index < -0.39 is 5.54 Å². The predicted octanol–water partition coefficient (Wildman–Crippen LogP) is 2.45. The van der Waals surface area contributed by atoms with Crippen LogP contribution in [0.15, 0.2) is 0 Å². The van der Waals surface area contributed by atoms with Crippen LogP contribution >= 0.6 is 11.8 Å². The average Bonchev–Trinajstić information content (AvgIpc) is 2.81. The van der Waals surface area contributed by atoms with Gasteiger partial charge in [0.25, 0.3) is 0 Å². The molecule has 0 saturated heterocycles.